The van der Waals surface area contributed by atoms with Crippen molar-refractivity contribution in [2.75, 3.05) is 58.4 Å². The van der Waals surface area contributed by atoms with Gasteiger partial charge in [0.15, 0.2) is 6.54 Å². The van der Waals surface area contributed by atoms with E-state index >= 15 is 0 Å². The van der Waals surface area contributed by atoms with Crippen LogP contribution >= 0.6 is 0 Å². The average Bonchev–Trinajstić information content (AvgIpc) is 2.68. The lowest BCUT2D eigenvalue weighted by molar-refractivity contribution is -0.900. The Hall–Kier alpha value is -1.68. The van der Waals surface area contributed by atoms with Crippen molar-refractivity contribution in [1.82, 2.24) is 4.31 Å². The van der Waals surface area contributed by atoms with Crippen molar-refractivity contribution in [3.05, 3.63) is 18.2 Å². The van der Waals surface area contributed by atoms with Crippen molar-refractivity contribution in [3.8, 4) is 5.75 Å². The second kappa shape index (κ2) is 9.21. The first-order valence-electron chi connectivity index (χ1n) is 9.79. The summed E-state index contributed by atoms with van der Waals surface area (Å²) in [4.78, 5) is 13.8. The van der Waals surface area contributed by atoms with Gasteiger partial charge in [0.2, 0.25) is 10.0 Å². The van der Waals surface area contributed by atoms with Crippen molar-refractivity contribution in [2.45, 2.75) is 24.7 Å². The fraction of sp³-hybridized carbons (Fsp3) is 0.632. The number of hydrogen-bond donors (Lipinski definition) is 2. The van der Waals surface area contributed by atoms with Gasteiger partial charge in [-0.3, -0.25) is 4.79 Å². The third kappa shape index (κ3) is 5.02. The summed E-state index contributed by atoms with van der Waals surface area (Å²) in [6, 6.07) is 4.73. The zero-order valence-corrected chi connectivity index (χ0v) is 17.4. The van der Waals surface area contributed by atoms with Gasteiger partial charge in [-0.2, -0.15) is 4.31 Å². The van der Waals surface area contributed by atoms with Crippen LogP contribution in [-0.4, -0.2) is 71.7 Å². The maximum atomic E-state index is 13.0. The van der Waals surface area contributed by atoms with E-state index in [9.17, 15) is 13.2 Å². The number of morpholine rings is 1. The molecule has 0 aromatic heterocycles. The number of quaternary nitrogens is 1. The number of anilines is 1. The zero-order valence-electron chi connectivity index (χ0n) is 16.6. The molecule has 0 aliphatic carbocycles. The molecule has 2 N–H and O–H groups in total. The van der Waals surface area contributed by atoms with Crippen LogP contribution in [0.3, 0.4) is 0 Å². The van der Waals surface area contributed by atoms with E-state index in [-0.39, 0.29) is 16.6 Å². The summed E-state index contributed by atoms with van der Waals surface area (Å²) in [5.74, 6) is 0.784. The molecule has 0 bridgehead atoms. The maximum Gasteiger partial charge on any atom is 0.279 e. The summed E-state index contributed by atoms with van der Waals surface area (Å²) in [5.41, 5.74) is 0.460. The molecule has 0 spiro atoms. The van der Waals surface area contributed by atoms with Gasteiger partial charge in [-0.25, -0.2) is 8.42 Å². The lowest BCUT2D eigenvalue weighted by Crippen LogP contribution is -3.14. The minimum Gasteiger partial charge on any atom is -0.495 e. The standard InChI is InChI=1S/C19H29N3O5S/c1-15-4-3-7-21(13-15)14-19(23)20-16-5-6-17(26-2)18(12-16)28(24,25)22-8-10-27-11-9-22/h5-6,12,15H,3-4,7-11,13-14H2,1-2H3,(H,20,23)/p+1/t15-/m1/s1. The number of methoxy groups -OCH3 is 1. The fourth-order valence-electron chi connectivity index (χ4n) is 3.87. The second-order valence-electron chi connectivity index (χ2n) is 7.56. The number of nitrogens with zero attached hydrogens (tertiary/aromatic N) is 1. The minimum absolute atomic E-state index is 0.0636. The van der Waals surface area contributed by atoms with Crippen molar-refractivity contribution in [3.63, 3.8) is 0 Å². The molecular formula is C19H30N3O5S+. The number of rotatable bonds is 6. The molecule has 2 saturated heterocycles. The molecule has 28 heavy (non-hydrogen) atoms. The first-order valence-corrected chi connectivity index (χ1v) is 11.2. The number of likely N-dealkylation sites (tertiary alicyclic amines) is 1. The lowest BCUT2D eigenvalue weighted by Gasteiger charge is -2.27. The molecule has 2 aliphatic rings. The summed E-state index contributed by atoms with van der Waals surface area (Å²) < 4.78 is 38.0. The summed E-state index contributed by atoms with van der Waals surface area (Å²) in [6.45, 7) is 5.94. The van der Waals surface area contributed by atoms with Crippen molar-refractivity contribution >= 4 is 21.6 Å². The number of piperidine rings is 1. The van der Waals surface area contributed by atoms with Gasteiger partial charge in [0.05, 0.1) is 33.4 Å². The van der Waals surface area contributed by atoms with Crippen LogP contribution < -0.4 is 15.0 Å². The zero-order chi connectivity index (χ0) is 20.1. The largest absolute Gasteiger partial charge is 0.495 e. The van der Waals surface area contributed by atoms with E-state index in [0.717, 1.165) is 19.5 Å². The molecular weight excluding hydrogens is 382 g/mol. The quantitative estimate of drug-likeness (QED) is 0.685. The van der Waals surface area contributed by atoms with Crippen LogP contribution in [0.15, 0.2) is 23.1 Å². The van der Waals surface area contributed by atoms with E-state index in [4.69, 9.17) is 9.47 Å². The van der Waals surface area contributed by atoms with E-state index in [0.29, 0.717) is 44.5 Å². The van der Waals surface area contributed by atoms with Crippen molar-refractivity contribution in [1.29, 1.82) is 0 Å². The van der Waals surface area contributed by atoms with Crippen LogP contribution in [0.25, 0.3) is 0 Å². The number of nitrogens with one attached hydrogen (secondary N) is 2. The van der Waals surface area contributed by atoms with Gasteiger partial charge in [-0.1, -0.05) is 6.92 Å². The highest BCUT2D eigenvalue weighted by Crippen LogP contribution is 2.30. The van der Waals surface area contributed by atoms with Crippen molar-refractivity contribution < 1.29 is 27.6 Å². The average molecular weight is 413 g/mol. The van der Waals surface area contributed by atoms with Crippen molar-refractivity contribution in [2.24, 2.45) is 5.92 Å². The van der Waals surface area contributed by atoms with Crippen LogP contribution in [0.4, 0.5) is 5.69 Å². The molecule has 156 valence electrons. The maximum absolute atomic E-state index is 13.0. The first-order chi connectivity index (χ1) is 13.4. The molecule has 2 fully saturated rings. The van der Waals surface area contributed by atoms with Gasteiger partial charge in [0.25, 0.3) is 5.91 Å². The highest BCUT2D eigenvalue weighted by molar-refractivity contribution is 7.89. The van der Waals surface area contributed by atoms with Gasteiger partial charge in [0.1, 0.15) is 10.6 Å². The van der Waals surface area contributed by atoms with E-state index < -0.39 is 10.0 Å². The number of sulfonamides is 1. The highest BCUT2D eigenvalue weighted by atomic mass is 32.2. The highest BCUT2D eigenvalue weighted by Gasteiger charge is 2.30. The molecule has 8 nitrogen and oxygen atoms in total. The molecule has 0 radical (unpaired) electrons. The molecule has 2 atom stereocenters. The van der Waals surface area contributed by atoms with Crippen LogP contribution in [0.2, 0.25) is 0 Å². The summed E-state index contributed by atoms with van der Waals surface area (Å²) in [7, 11) is -2.29. The van der Waals surface area contributed by atoms with E-state index in [1.165, 1.54) is 28.8 Å². The minimum atomic E-state index is -3.73. The Morgan fingerprint density at radius 1 is 1.36 bits per heavy atom. The van der Waals surface area contributed by atoms with E-state index in [2.05, 4.69) is 12.2 Å². The molecule has 1 unspecified atom stereocenters. The Balaban J connectivity index is 1.74. The predicted molar refractivity (Wildman–Crippen MR) is 105 cm³/mol. The number of carbonyl (C=O) groups excluding carboxylic acids is 1. The Labute approximate surface area is 166 Å². The molecule has 1 amide bonds. The monoisotopic (exact) mass is 412 g/mol. The van der Waals surface area contributed by atoms with Gasteiger partial charge in [-0.15, -0.1) is 0 Å². The molecule has 1 aromatic carbocycles. The Morgan fingerprint density at radius 3 is 2.79 bits per heavy atom. The van der Waals surface area contributed by atoms with Gasteiger partial charge >= 0.3 is 0 Å². The van der Waals surface area contributed by atoms with Crippen LogP contribution in [-0.2, 0) is 19.6 Å². The van der Waals surface area contributed by atoms with E-state index in [1.54, 1.807) is 12.1 Å². The summed E-state index contributed by atoms with van der Waals surface area (Å²) >= 11 is 0. The summed E-state index contributed by atoms with van der Waals surface area (Å²) in [6.07, 6.45) is 2.35. The number of hydrogen-bond acceptors (Lipinski definition) is 5. The Morgan fingerprint density at radius 2 is 2.11 bits per heavy atom. The SMILES string of the molecule is COc1ccc(NC(=O)C[NH+]2CCC[C@@H](C)C2)cc1S(=O)(=O)N1CCOCC1. The lowest BCUT2D eigenvalue weighted by atomic mass is 10.0. The van der Waals surface area contributed by atoms with Gasteiger partial charge in [0, 0.05) is 24.7 Å². The third-order valence-corrected chi connectivity index (χ3v) is 7.23. The van der Waals surface area contributed by atoms with Crippen LogP contribution in [0, 0.1) is 5.92 Å². The predicted octanol–water partition coefficient (Wildman–Crippen LogP) is -0.0306. The Kier molecular flexibility index (Phi) is 6.92. The molecule has 3 rings (SSSR count). The van der Waals surface area contributed by atoms with Gasteiger partial charge < -0.3 is 19.7 Å². The molecule has 0 saturated carbocycles. The molecule has 2 heterocycles. The molecule has 1 aromatic rings. The number of ether oxygens (including phenoxy) is 2. The number of amides is 1. The third-order valence-electron chi connectivity index (χ3n) is 5.31. The smallest absolute Gasteiger partial charge is 0.279 e. The van der Waals surface area contributed by atoms with Crippen LogP contribution in [0.1, 0.15) is 19.8 Å². The second-order valence-corrected chi connectivity index (χ2v) is 9.46. The summed E-state index contributed by atoms with van der Waals surface area (Å²) in [5, 5.41) is 2.85. The fourth-order valence-corrected chi connectivity index (χ4v) is 5.46. The van der Waals surface area contributed by atoms with Crippen LogP contribution in [0.5, 0.6) is 5.75 Å². The number of carbonyl (C=O) groups is 1. The topological polar surface area (TPSA) is 89.4 Å². The number of benzene rings is 1. The molecule has 9 heteroatoms. The molecule has 2 aliphatic heterocycles. The first kappa shape index (κ1) is 21.0. The van der Waals surface area contributed by atoms with Gasteiger partial charge in [-0.05, 0) is 31.0 Å². The normalized spacial score (nSPS) is 23.9. The Bertz CT molecular complexity index is 793. The van der Waals surface area contributed by atoms with E-state index in [1.807, 2.05) is 0 Å².